The Bertz CT molecular complexity index is 674. The van der Waals surface area contributed by atoms with Crippen LogP contribution < -0.4 is 10.6 Å². The second-order valence-corrected chi connectivity index (χ2v) is 5.25. The molecule has 1 fully saturated rings. The van der Waals surface area contributed by atoms with E-state index in [1.165, 1.54) is 31.4 Å². The molecule has 0 unspecified atom stereocenters. The highest BCUT2D eigenvalue weighted by molar-refractivity contribution is 5.87. The van der Waals surface area contributed by atoms with Crippen LogP contribution in [0.25, 0.3) is 0 Å². The summed E-state index contributed by atoms with van der Waals surface area (Å²) in [6.45, 7) is -0.0944. The smallest absolute Gasteiger partial charge is 0.325 e. The first-order chi connectivity index (χ1) is 11.9. The number of amides is 1. The topological polar surface area (TPSA) is 137 Å². The van der Waals surface area contributed by atoms with Gasteiger partial charge < -0.3 is 14.8 Å². The van der Waals surface area contributed by atoms with Gasteiger partial charge in [-0.2, -0.15) is 0 Å². The Morgan fingerprint density at radius 3 is 2.60 bits per heavy atom. The van der Waals surface area contributed by atoms with E-state index in [0.29, 0.717) is 12.0 Å². The molecule has 0 aliphatic carbocycles. The second kappa shape index (κ2) is 8.20. The summed E-state index contributed by atoms with van der Waals surface area (Å²) in [5.41, 5.74) is 0.283. The third-order valence-electron chi connectivity index (χ3n) is 3.64. The SMILES string of the molecule is COC(=O)CNC(=O)[C@@H](N[C@H]1CCOC1=O)c1ccc([N+](=O)[O-])cc1. The number of benzene rings is 1. The normalized spacial score (nSPS) is 17.5. The predicted molar refractivity (Wildman–Crippen MR) is 83.4 cm³/mol. The number of non-ortho nitro benzene ring substituents is 1. The van der Waals surface area contributed by atoms with Crippen LogP contribution in [0.4, 0.5) is 5.69 Å². The third kappa shape index (κ3) is 4.73. The highest BCUT2D eigenvalue weighted by Crippen LogP contribution is 2.20. The van der Waals surface area contributed by atoms with Gasteiger partial charge in [0.05, 0.1) is 18.6 Å². The van der Waals surface area contributed by atoms with E-state index in [0.717, 1.165) is 0 Å². The first-order valence-corrected chi connectivity index (χ1v) is 7.44. The van der Waals surface area contributed by atoms with Gasteiger partial charge in [0.25, 0.3) is 5.69 Å². The fraction of sp³-hybridized carbons (Fsp3) is 0.400. The van der Waals surface area contributed by atoms with Gasteiger partial charge in [0.15, 0.2) is 0 Å². The summed E-state index contributed by atoms with van der Waals surface area (Å²) in [7, 11) is 1.19. The standard InChI is InChI=1S/C15H17N3O7/c1-24-12(19)8-16-14(20)13(17-11-6-7-25-15(11)21)9-2-4-10(5-3-9)18(22)23/h2-5,11,13,17H,6-8H2,1H3,(H,16,20)/t11-,13-/m0/s1. The minimum Gasteiger partial charge on any atom is -0.468 e. The molecule has 2 rings (SSSR count). The second-order valence-electron chi connectivity index (χ2n) is 5.25. The van der Waals surface area contributed by atoms with Gasteiger partial charge in [-0.3, -0.25) is 29.8 Å². The van der Waals surface area contributed by atoms with Crippen LogP contribution in [0.1, 0.15) is 18.0 Å². The van der Waals surface area contributed by atoms with E-state index >= 15 is 0 Å². The van der Waals surface area contributed by atoms with E-state index in [1.807, 2.05) is 0 Å². The van der Waals surface area contributed by atoms with Crippen LogP contribution >= 0.6 is 0 Å². The molecule has 0 saturated carbocycles. The number of nitrogens with zero attached hydrogens (tertiary/aromatic N) is 1. The van der Waals surface area contributed by atoms with E-state index in [2.05, 4.69) is 15.4 Å². The molecule has 0 bridgehead atoms. The van der Waals surface area contributed by atoms with Gasteiger partial charge in [-0.1, -0.05) is 12.1 Å². The molecule has 10 heteroatoms. The Morgan fingerprint density at radius 1 is 1.40 bits per heavy atom. The maximum absolute atomic E-state index is 12.4. The molecule has 1 aromatic rings. The van der Waals surface area contributed by atoms with Crippen LogP contribution in [0.3, 0.4) is 0 Å². The summed E-state index contributed by atoms with van der Waals surface area (Å²) in [6, 6.07) is 3.67. The zero-order chi connectivity index (χ0) is 18.4. The number of rotatable bonds is 7. The zero-order valence-electron chi connectivity index (χ0n) is 13.4. The summed E-state index contributed by atoms with van der Waals surface area (Å²) >= 11 is 0. The van der Waals surface area contributed by atoms with Crippen molar-refractivity contribution in [1.82, 2.24) is 10.6 Å². The van der Waals surface area contributed by atoms with Crippen molar-refractivity contribution in [3.8, 4) is 0 Å². The predicted octanol–water partition coefficient (Wildman–Crippen LogP) is -0.170. The number of methoxy groups -OCH3 is 1. The van der Waals surface area contributed by atoms with E-state index in [-0.39, 0.29) is 18.8 Å². The fourth-order valence-electron chi connectivity index (χ4n) is 2.29. The van der Waals surface area contributed by atoms with Crippen molar-refractivity contribution >= 4 is 23.5 Å². The number of nitro groups is 1. The number of hydrogen-bond donors (Lipinski definition) is 2. The van der Waals surface area contributed by atoms with Crippen LogP contribution in [0.2, 0.25) is 0 Å². The molecule has 1 aliphatic rings. The monoisotopic (exact) mass is 351 g/mol. The molecule has 0 radical (unpaired) electrons. The number of nitro benzene ring substituents is 1. The molecule has 10 nitrogen and oxygen atoms in total. The fourth-order valence-corrected chi connectivity index (χ4v) is 2.29. The maximum atomic E-state index is 12.4. The molecule has 134 valence electrons. The lowest BCUT2D eigenvalue weighted by Crippen LogP contribution is -2.45. The van der Waals surface area contributed by atoms with E-state index < -0.39 is 34.9 Å². The third-order valence-corrected chi connectivity index (χ3v) is 3.64. The molecule has 1 aromatic carbocycles. The van der Waals surface area contributed by atoms with E-state index in [9.17, 15) is 24.5 Å². The van der Waals surface area contributed by atoms with Crippen molar-refractivity contribution in [2.24, 2.45) is 0 Å². The number of ether oxygens (including phenoxy) is 2. The summed E-state index contributed by atoms with van der Waals surface area (Å²) in [6.07, 6.45) is 0.395. The first-order valence-electron chi connectivity index (χ1n) is 7.44. The number of cyclic esters (lactones) is 1. The molecule has 25 heavy (non-hydrogen) atoms. The van der Waals surface area contributed by atoms with Crippen LogP contribution in [0.15, 0.2) is 24.3 Å². The number of nitrogens with one attached hydrogen (secondary N) is 2. The van der Waals surface area contributed by atoms with Crippen molar-refractivity contribution in [3.63, 3.8) is 0 Å². The van der Waals surface area contributed by atoms with Crippen molar-refractivity contribution in [2.45, 2.75) is 18.5 Å². The Labute approximate surface area is 142 Å². The molecule has 0 aromatic heterocycles. The molecule has 1 saturated heterocycles. The number of carbonyl (C=O) groups excluding carboxylic acids is 3. The van der Waals surface area contributed by atoms with Crippen molar-refractivity contribution in [3.05, 3.63) is 39.9 Å². The molecule has 0 spiro atoms. The molecule has 2 atom stereocenters. The molecule has 1 aliphatic heterocycles. The number of hydrogen-bond acceptors (Lipinski definition) is 8. The Balaban J connectivity index is 2.18. The number of carbonyl (C=O) groups is 3. The Kier molecular flexibility index (Phi) is 6.01. The van der Waals surface area contributed by atoms with Crippen molar-refractivity contribution < 1.29 is 28.8 Å². The van der Waals surface area contributed by atoms with E-state index in [4.69, 9.17) is 4.74 Å². The Hall–Kier alpha value is -3.01. The minimum atomic E-state index is -0.985. The molecule has 1 heterocycles. The molecule has 2 N–H and O–H groups in total. The lowest BCUT2D eigenvalue weighted by atomic mass is 10.0. The van der Waals surface area contributed by atoms with Crippen LogP contribution in [-0.2, 0) is 23.9 Å². The average Bonchev–Trinajstić information content (AvgIpc) is 3.02. The van der Waals surface area contributed by atoms with Gasteiger partial charge in [-0.15, -0.1) is 0 Å². The summed E-state index contributed by atoms with van der Waals surface area (Å²) < 4.78 is 9.31. The lowest BCUT2D eigenvalue weighted by molar-refractivity contribution is -0.384. The van der Waals surface area contributed by atoms with Gasteiger partial charge >= 0.3 is 11.9 Å². The van der Waals surface area contributed by atoms with Gasteiger partial charge in [0.2, 0.25) is 5.91 Å². The molecular weight excluding hydrogens is 334 g/mol. The largest absolute Gasteiger partial charge is 0.468 e. The minimum absolute atomic E-state index is 0.127. The summed E-state index contributed by atoms with van der Waals surface area (Å²) in [4.78, 5) is 45.4. The van der Waals surface area contributed by atoms with Gasteiger partial charge in [-0.25, -0.2) is 0 Å². The maximum Gasteiger partial charge on any atom is 0.325 e. The van der Waals surface area contributed by atoms with Crippen molar-refractivity contribution in [2.75, 3.05) is 20.3 Å². The van der Waals surface area contributed by atoms with E-state index in [1.54, 1.807) is 0 Å². The highest BCUT2D eigenvalue weighted by Gasteiger charge is 2.32. The lowest BCUT2D eigenvalue weighted by Gasteiger charge is -2.20. The average molecular weight is 351 g/mol. The molecule has 1 amide bonds. The quantitative estimate of drug-likeness (QED) is 0.392. The van der Waals surface area contributed by atoms with Crippen molar-refractivity contribution in [1.29, 1.82) is 0 Å². The number of esters is 2. The van der Waals surface area contributed by atoms with Crippen LogP contribution in [0.5, 0.6) is 0 Å². The van der Waals surface area contributed by atoms with Gasteiger partial charge in [0, 0.05) is 18.6 Å². The van der Waals surface area contributed by atoms with Crippen LogP contribution in [-0.4, -0.2) is 49.1 Å². The van der Waals surface area contributed by atoms with Crippen LogP contribution in [0, 0.1) is 10.1 Å². The zero-order valence-corrected chi connectivity index (χ0v) is 13.4. The summed E-state index contributed by atoms with van der Waals surface area (Å²) in [5, 5.41) is 16.0. The Morgan fingerprint density at radius 2 is 2.08 bits per heavy atom. The first kappa shape index (κ1) is 18.3. The highest BCUT2D eigenvalue weighted by atomic mass is 16.6. The summed E-state index contributed by atoms with van der Waals surface area (Å²) in [5.74, 6) is -1.68. The molecular formula is C15H17N3O7. The van der Waals surface area contributed by atoms with Gasteiger partial charge in [0.1, 0.15) is 18.6 Å². The van der Waals surface area contributed by atoms with Gasteiger partial charge in [-0.05, 0) is 5.56 Å².